The van der Waals surface area contributed by atoms with Gasteiger partial charge in [-0.05, 0) is 45.9 Å². The standard InChI is InChI=1S/C18H23N5O4S/c1-12-5-7-13(8-6-12)28(25,26)23-10-9-14-16(23)19-11-15(20-14)21-22-17(24)27-18(2,3)4/h5-11,17,22,24H,1-4H3,(H,20,21). The summed E-state index contributed by atoms with van der Waals surface area (Å²) in [5, 5.41) is 9.79. The zero-order valence-corrected chi connectivity index (χ0v) is 16.9. The molecule has 0 saturated carbocycles. The number of nitrogens with zero attached hydrogens (tertiary/aromatic N) is 3. The van der Waals surface area contributed by atoms with Crippen molar-refractivity contribution < 1.29 is 18.3 Å². The largest absolute Gasteiger partial charge is 0.355 e. The van der Waals surface area contributed by atoms with Gasteiger partial charge >= 0.3 is 0 Å². The summed E-state index contributed by atoms with van der Waals surface area (Å²) in [4.78, 5) is 8.67. The fraction of sp³-hybridized carbons (Fsp3) is 0.333. The van der Waals surface area contributed by atoms with Crippen molar-refractivity contribution in [3.63, 3.8) is 0 Å². The molecule has 1 unspecified atom stereocenters. The van der Waals surface area contributed by atoms with Crippen LogP contribution in [-0.2, 0) is 14.8 Å². The van der Waals surface area contributed by atoms with Crippen LogP contribution in [0.25, 0.3) is 11.2 Å². The second-order valence-electron chi connectivity index (χ2n) is 7.25. The Kier molecular flexibility index (Phi) is 5.39. The Balaban J connectivity index is 1.82. The molecule has 0 spiro atoms. The van der Waals surface area contributed by atoms with Gasteiger partial charge in [0.05, 0.1) is 16.7 Å². The second-order valence-corrected chi connectivity index (χ2v) is 9.06. The summed E-state index contributed by atoms with van der Waals surface area (Å²) in [5.74, 6) is 0.301. The van der Waals surface area contributed by atoms with Crippen LogP contribution in [0.15, 0.2) is 47.6 Å². The van der Waals surface area contributed by atoms with Crippen molar-refractivity contribution >= 4 is 27.0 Å². The lowest BCUT2D eigenvalue weighted by molar-refractivity contribution is -0.178. The molecule has 0 aliphatic carbocycles. The van der Waals surface area contributed by atoms with Gasteiger partial charge in [-0.2, -0.15) is 5.43 Å². The predicted molar refractivity (Wildman–Crippen MR) is 105 cm³/mol. The van der Waals surface area contributed by atoms with Crippen LogP contribution in [0.4, 0.5) is 5.82 Å². The van der Waals surface area contributed by atoms with Crippen molar-refractivity contribution in [2.45, 2.75) is 44.6 Å². The number of aliphatic hydroxyl groups is 1. The molecule has 0 aliphatic heterocycles. The van der Waals surface area contributed by atoms with E-state index in [2.05, 4.69) is 20.8 Å². The van der Waals surface area contributed by atoms with E-state index in [-0.39, 0.29) is 10.5 Å². The summed E-state index contributed by atoms with van der Waals surface area (Å²) in [5.41, 5.74) is 6.25. The molecule has 3 N–H and O–H groups in total. The number of rotatable bonds is 6. The number of anilines is 1. The highest BCUT2D eigenvalue weighted by Crippen LogP contribution is 2.21. The van der Waals surface area contributed by atoms with Gasteiger partial charge < -0.3 is 15.3 Å². The molecule has 0 amide bonds. The molecule has 1 aromatic carbocycles. The molecule has 3 aromatic rings. The Labute approximate surface area is 163 Å². The van der Waals surface area contributed by atoms with Crippen molar-refractivity contribution in [1.29, 1.82) is 0 Å². The smallest absolute Gasteiger partial charge is 0.269 e. The van der Waals surface area contributed by atoms with Crippen LogP contribution in [0.5, 0.6) is 0 Å². The van der Waals surface area contributed by atoms with Crippen LogP contribution in [0, 0.1) is 6.92 Å². The first-order valence-corrected chi connectivity index (χ1v) is 10.0. The summed E-state index contributed by atoms with van der Waals surface area (Å²) in [6.07, 6.45) is 1.51. The van der Waals surface area contributed by atoms with E-state index in [1.807, 2.05) is 6.92 Å². The van der Waals surface area contributed by atoms with Gasteiger partial charge in [-0.25, -0.2) is 22.4 Å². The van der Waals surface area contributed by atoms with E-state index in [1.165, 1.54) is 12.4 Å². The molecular weight excluding hydrogens is 382 g/mol. The molecule has 3 rings (SSSR count). The molecule has 2 aromatic heterocycles. The number of benzene rings is 1. The average molecular weight is 405 g/mol. The Morgan fingerprint density at radius 1 is 1.18 bits per heavy atom. The monoisotopic (exact) mass is 405 g/mol. The van der Waals surface area contributed by atoms with Crippen molar-refractivity contribution in [3.05, 3.63) is 48.3 Å². The van der Waals surface area contributed by atoms with E-state index in [0.717, 1.165) is 9.54 Å². The van der Waals surface area contributed by atoms with Gasteiger partial charge in [0.25, 0.3) is 10.0 Å². The molecular formula is C18H23N5O4S. The van der Waals surface area contributed by atoms with E-state index in [4.69, 9.17) is 4.74 Å². The van der Waals surface area contributed by atoms with Gasteiger partial charge in [0, 0.05) is 6.20 Å². The predicted octanol–water partition coefficient (Wildman–Crippen LogP) is 1.98. The van der Waals surface area contributed by atoms with Crippen LogP contribution in [0.2, 0.25) is 0 Å². The first kappa shape index (κ1) is 20.2. The van der Waals surface area contributed by atoms with Gasteiger partial charge in [0.1, 0.15) is 5.52 Å². The minimum atomic E-state index is -3.78. The van der Waals surface area contributed by atoms with Crippen molar-refractivity contribution in [2.75, 3.05) is 5.43 Å². The number of hydrogen-bond donors (Lipinski definition) is 3. The number of aliphatic hydroxyl groups excluding tert-OH is 1. The molecule has 9 nitrogen and oxygen atoms in total. The summed E-state index contributed by atoms with van der Waals surface area (Å²) < 4.78 is 32.1. The Morgan fingerprint density at radius 2 is 1.86 bits per heavy atom. The summed E-state index contributed by atoms with van der Waals surface area (Å²) in [7, 11) is -3.78. The molecule has 0 radical (unpaired) electrons. The van der Waals surface area contributed by atoms with Gasteiger partial charge in [-0.1, -0.05) is 17.7 Å². The van der Waals surface area contributed by atoms with Gasteiger partial charge in [0.2, 0.25) is 6.41 Å². The van der Waals surface area contributed by atoms with E-state index in [0.29, 0.717) is 11.3 Å². The average Bonchev–Trinajstić information content (AvgIpc) is 3.03. The molecule has 0 bridgehead atoms. The third kappa shape index (κ3) is 4.47. The first-order valence-electron chi connectivity index (χ1n) is 8.60. The number of aryl methyl sites for hydroxylation is 1. The van der Waals surface area contributed by atoms with Crippen LogP contribution >= 0.6 is 0 Å². The van der Waals surface area contributed by atoms with Crippen molar-refractivity contribution in [3.8, 4) is 0 Å². The van der Waals surface area contributed by atoms with Crippen LogP contribution in [0.1, 0.15) is 26.3 Å². The lowest BCUT2D eigenvalue weighted by atomic mass is 10.2. The van der Waals surface area contributed by atoms with E-state index < -0.39 is 22.0 Å². The van der Waals surface area contributed by atoms with Crippen LogP contribution in [0.3, 0.4) is 0 Å². The number of hydrogen-bond acceptors (Lipinski definition) is 8. The second kappa shape index (κ2) is 7.47. The highest BCUT2D eigenvalue weighted by Gasteiger charge is 2.20. The number of fused-ring (bicyclic) bond motifs is 1. The minimum absolute atomic E-state index is 0.170. The summed E-state index contributed by atoms with van der Waals surface area (Å²) in [6, 6.07) is 8.15. The maximum absolute atomic E-state index is 12.9. The lowest BCUT2D eigenvalue weighted by Gasteiger charge is -2.24. The fourth-order valence-corrected chi connectivity index (χ4v) is 3.76. The van der Waals surface area contributed by atoms with Crippen molar-refractivity contribution in [2.24, 2.45) is 0 Å². The molecule has 0 saturated heterocycles. The quantitative estimate of drug-likeness (QED) is 0.421. The molecule has 1 atom stereocenters. The van der Waals surface area contributed by atoms with E-state index >= 15 is 0 Å². The maximum Gasteiger partial charge on any atom is 0.269 e. The van der Waals surface area contributed by atoms with E-state index in [9.17, 15) is 13.5 Å². The SMILES string of the molecule is Cc1ccc(S(=O)(=O)n2ccc3nc(NNC(O)OC(C)(C)C)cnc32)cc1. The van der Waals surface area contributed by atoms with Gasteiger partial charge in [0.15, 0.2) is 11.5 Å². The Hall–Kier alpha value is -2.53. The molecule has 10 heteroatoms. The topological polar surface area (TPSA) is 118 Å². The third-order valence-corrected chi connectivity index (χ3v) is 5.40. The Bertz CT molecular complexity index is 1070. The minimum Gasteiger partial charge on any atom is -0.355 e. The number of hydrazine groups is 1. The number of ether oxygens (including phenoxy) is 1. The van der Waals surface area contributed by atoms with E-state index in [1.54, 1.807) is 51.1 Å². The zero-order chi connectivity index (χ0) is 20.5. The van der Waals surface area contributed by atoms with Crippen LogP contribution in [-0.4, -0.2) is 39.5 Å². The lowest BCUT2D eigenvalue weighted by Crippen LogP contribution is -2.41. The van der Waals surface area contributed by atoms with Crippen LogP contribution < -0.4 is 10.9 Å². The van der Waals surface area contributed by atoms with Crippen molar-refractivity contribution in [1.82, 2.24) is 19.4 Å². The highest BCUT2D eigenvalue weighted by molar-refractivity contribution is 7.90. The molecule has 0 fully saturated rings. The highest BCUT2D eigenvalue weighted by atomic mass is 32.2. The Morgan fingerprint density at radius 3 is 2.50 bits per heavy atom. The van der Waals surface area contributed by atoms with Gasteiger partial charge in [-0.3, -0.25) is 0 Å². The molecule has 150 valence electrons. The number of nitrogens with one attached hydrogen (secondary N) is 2. The summed E-state index contributed by atoms with van der Waals surface area (Å²) >= 11 is 0. The maximum atomic E-state index is 12.9. The molecule has 28 heavy (non-hydrogen) atoms. The first-order chi connectivity index (χ1) is 13.1. The summed E-state index contributed by atoms with van der Waals surface area (Å²) in [6.45, 7) is 7.31. The third-order valence-electron chi connectivity index (χ3n) is 3.72. The number of aromatic nitrogens is 3. The molecule has 2 heterocycles. The fourth-order valence-electron chi connectivity index (χ4n) is 2.47. The zero-order valence-electron chi connectivity index (χ0n) is 16.0. The molecule has 0 aliphatic rings. The van der Waals surface area contributed by atoms with Gasteiger partial charge in [-0.15, -0.1) is 0 Å². The normalized spacial score (nSPS) is 13.6.